The van der Waals surface area contributed by atoms with E-state index < -0.39 is 0 Å². The molecule has 1 aliphatic rings. The summed E-state index contributed by atoms with van der Waals surface area (Å²) in [5.74, 6) is 0. The fourth-order valence-corrected chi connectivity index (χ4v) is 2.14. The maximum absolute atomic E-state index is 6.23. The van der Waals surface area contributed by atoms with Crippen molar-refractivity contribution in [1.82, 2.24) is 4.42 Å². The molecule has 1 fully saturated rings. The number of halogens is 1. The molecule has 68 valence electrons. The summed E-state index contributed by atoms with van der Waals surface area (Å²) in [5.41, 5.74) is 0.340. The predicted octanol–water partition coefficient (Wildman–Crippen LogP) is 0.300. The van der Waals surface area contributed by atoms with E-state index in [1.165, 1.54) is 19.3 Å². The molecule has 3 heteroatoms. The van der Waals surface area contributed by atoms with Gasteiger partial charge in [-0.1, -0.05) is 0 Å². The van der Waals surface area contributed by atoms with Gasteiger partial charge in [0.25, 0.3) is 0 Å². The summed E-state index contributed by atoms with van der Waals surface area (Å²) < 4.78 is 1.99. The first-order chi connectivity index (χ1) is 4.86. The molecule has 1 nitrogen and oxygen atoms in total. The maximum Gasteiger partial charge on any atom is 1.00 e. The van der Waals surface area contributed by atoms with Crippen LogP contribution in [-0.2, 0) is 0 Å². The molecule has 0 atom stereocenters. The van der Waals surface area contributed by atoms with Crippen molar-refractivity contribution in [1.29, 1.82) is 0 Å². The van der Waals surface area contributed by atoms with Crippen LogP contribution in [0.25, 0.3) is 0 Å². The Labute approximate surface area is 94.6 Å². The van der Waals surface area contributed by atoms with Crippen LogP contribution in [0.5, 0.6) is 0 Å². The fraction of sp³-hybridized carbons (Fsp3) is 1.00. The standard InChI is InChI=1S/C9H18ClN.Li.H/c1-8(2)6-5-7-9(3,4)11(8)10;;/h5-7H2,1-4H3;;/q;+1;-1. The number of nitrogens with zero attached hydrogens (tertiary/aromatic N) is 1. The monoisotopic (exact) mass is 183 g/mol. The normalized spacial score (nSPS) is 27.8. The summed E-state index contributed by atoms with van der Waals surface area (Å²) in [4.78, 5) is 0. The molecular weight excluding hydrogens is 164 g/mol. The molecule has 0 amide bonds. The second-order valence-corrected chi connectivity index (χ2v) is 5.10. The third-order valence-electron chi connectivity index (χ3n) is 2.64. The minimum absolute atomic E-state index is 0. The molecule has 0 aromatic carbocycles. The van der Waals surface area contributed by atoms with Crippen LogP contribution in [-0.4, -0.2) is 15.5 Å². The van der Waals surface area contributed by atoms with Gasteiger partial charge in [-0.15, -0.1) is 0 Å². The summed E-state index contributed by atoms with van der Waals surface area (Å²) >= 11 is 6.23. The molecule has 0 unspecified atom stereocenters. The van der Waals surface area contributed by atoms with Crippen LogP contribution in [0, 0.1) is 0 Å². The van der Waals surface area contributed by atoms with Gasteiger partial charge in [0, 0.05) is 11.1 Å². The van der Waals surface area contributed by atoms with Gasteiger partial charge in [0.05, 0.1) is 0 Å². The summed E-state index contributed by atoms with van der Waals surface area (Å²) in [6.07, 6.45) is 3.71. The van der Waals surface area contributed by atoms with Crippen LogP contribution in [0.15, 0.2) is 0 Å². The SMILES string of the molecule is CC1(C)CCCC(C)(C)N1Cl.[H-].[Li+]. The third kappa shape index (κ3) is 2.42. The number of hydrogen-bond donors (Lipinski definition) is 0. The molecular formula is C9H19ClLiN. The summed E-state index contributed by atoms with van der Waals surface area (Å²) in [7, 11) is 0. The molecule has 0 bridgehead atoms. The van der Waals surface area contributed by atoms with Crippen molar-refractivity contribution < 1.29 is 20.3 Å². The van der Waals surface area contributed by atoms with Gasteiger partial charge in [-0.25, -0.2) is 4.42 Å². The number of piperidine rings is 1. The molecule has 1 saturated heterocycles. The molecule has 0 aromatic heterocycles. The molecule has 0 aromatic rings. The van der Waals surface area contributed by atoms with Gasteiger partial charge in [0.1, 0.15) is 0 Å². The molecule has 1 aliphatic heterocycles. The first-order valence-electron chi connectivity index (χ1n) is 4.32. The third-order valence-corrected chi connectivity index (χ3v) is 3.56. The minimum atomic E-state index is 0. The Hall–Kier alpha value is 0.847. The molecule has 0 spiro atoms. The van der Waals surface area contributed by atoms with Crippen LogP contribution in [0.2, 0.25) is 0 Å². The van der Waals surface area contributed by atoms with E-state index in [-0.39, 0.29) is 31.4 Å². The summed E-state index contributed by atoms with van der Waals surface area (Å²) in [6.45, 7) is 8.84. The molecule has 12 heavy (non-hydrogen) atoms. The first kappa shape index (κ1) is 12.8. The average molecular weight is 184 g/mol. The van der Waals surface area contributed by atoms with Crippen molar-refractivity contribution in [3.63, 3.8) is 0 Å². The summed E-state index contributed by atoms with van der Waals surface area (Å²) in [5, 5.41) is 0. The van der Waals surface area contributed by atoms with Crippen molar-refractivity contribution >= 4 is 11.8 Å². The van der Waals surface area contributed by atoms with Gasteiger partial charge in [-0.3, -0.25) is 0 Å². The number of rotatable bonds is 0. The van der Waals surface area contributed by atoms with Crippen molar-refractivity contribution in [2.75, 3.05) is 0 Å². The Morgan fingerprint density at radius 2 is 1.42 bits per heavy atom. The summed E-state index contributed by atoms with van der Waals surface area (Å²) in [6, 6.07) is 0. The molecule has 1 rings (SSSR count). The minimum Gasteiger partial charge on any atom is -1.00 e. The van der Waals surface area contributed by atoms with Crippen molar-refractivity contribution in [2.24, 2.45) is 0 Å². The second kappa shape index (κ2) is 3.92. The Bertz CT molecular complexity index is 146. The van der Waals surface area contributed by atoms with E-state index in [0.717, 1.165) is 0 Å². The zero-order valence-corrected chi connectivity index (χ0v) is 9.70. The van der Waals surface area contributed by atoms with E-state index in [9.17, 15) is 0 Å². The van der Waals surface area contributed by atoms with Gasteiger partial charge in [0.2, 0.25) is 0 Å². The largest absolute Gasteiger partial charge is 1.00 e. The van der Waals surface area contributed by atoms with Crippen LogP contribution in [0.4, 0.5) is 0 Å². The molecule has 1 heterocycles. The topological polar surface area (TPSA) is 3.24 Å². The van der Waals surface area contributed by atoms with Crippen molar-refractivity contribution in [2.45, 2.75) is 58.0 Å². The van der Waals surface area contributed by atoms with Gasteiger partial charge >= 0.3 is 18.9 Å². The van der Waals surface area contributed by atoms with E-state index in [4.69, 9.17) is 11.8 Å². The average Bonchev–Trinajstić information content (AvgIpc) is 1.82. The van der Waals surface area contributed by atoms with Crippen molar-refractivity contribution in [3.8, 4) is 0 Å². The molecule has 0 N–H and O–H groups in total. The van der Waals surface area contributed by atoms with Crippen LogP contribution < -0.4 is 18.9 Å². The fourth-order valence-electron chi connectivity index (χ4n) is 1.97. The van der Waals surface area contributed by atoms with E-state index in [0.29, 0.717) is 0 Å². The van der Waals surface area contributed by atoms with Crippen molar-refractivity contribution in [3.05, 3.63) is 0 Å². The zero-order valence-electron chi connectivity index (χ0n) is 9.95. The first-order valence-corrected chi connectivity index (χ1v) is 4.66. The molecule has 0 aliphatic carbocycles. The second-order valence-electron chi connectivity index (χ2n) is 4.76. The Morgan fingerprint density at radius 3 is 1.67 bits per heavy atom. The molecule has 0 radical (unpaired) electrons. The van der Waals surface area contributed by atoms with E-state index in [1.807, 2.05) is 4.42 Å². The Morgan fingerprint density at radius 1 is 1.08 bits per heavy atom. The zero-order chi connectivity index (χ0) is 8.70. The van der Waals surface area contributed by atoms with Crippen LogP contribution >= 0.6 is 11.8 Å². The maximum atomic E-state index is 6.23. The quantitative estimate of drug-likeness (QED) is 0.386. The van der Waals surface area contributed by atoms with Gasteiger partial charge in [0.15, 0.2) is 0 Å². The van der Waals surface area contributed by atoms with Gasteiger partial charge in [-0.05, 0) is 58.7 Å². The Balaban J connectivity index is 0. The Kier molecular flexibility index (Phi) is 4.20. The van der Waals surface area contributed by atoms with Crippen LogP contribution in [0.3, 0.4) is 0 Å². The number of hydrogen-bond acceptors (Lipinski definition) is 1. The van der Waals surface area contributed by atoms with E-state index >= 15 is 0 Å². The van der Waals surface area contributed by atoms with E-state index in [1.54, 1.807) is 0 Å². The smallest absolute Gasteiger partial charge is 1.00 e. The predicted molar refractivity (Wildman–Crippen MR) is 50.8 cm³/mol. The van der Waals surface area contributed by atoms with Crippen LogP contribution in [0.1, 0.15) is 48.4 Å². The molecule has 0 saturated carbocycles. The van der Waals surface area contributed by atoms with Gasteiger partial charge in [-0.2, -0.15) is 0 Å². The van der Waals surface area contributed by atoms with E-state index in [2.05, 4.69) is 27.7 Å². The van der Waals surface area contributed by atoms with Gasteiger partial charge < -0.3 is 1.43 Å².